The number of hydrogen-bond acceptors (Lipinski definition) is 7. The van der Waals surface area contributed by atoms with Crippen LogP contribution in [0.1, 0.15) is 22.8 Å². The van der Waals surface area contributed by atoms with Crippen LogP contribution in [0.25, 0.3) is 65.3 Å². The Morgan fingerprint density at radius 2 is 1.32 bits per heavy atom. The maximum absolute atomic E-state index is 9.52. The van der Waals surface area contributed by atoms with E-state index in [4.69, 9.17) is 24.4 Å². The molecule has 2 aliphatic rings. The van der Waals surface area contributed by atoms with Crippen LogP contribution in [-0.2, 0) is 0 Å². The molecule has 1 N–H and O–H groups in total. The molecule has 0 fully saturated rings. The van der Waals surface area contributed by atoms with Crippen molar-refractivity contribution in [2.75, 3.05) is 0 Å². The molecule has 0 saturated heterocycles. The summed E-state index contributed by atoms with van der Waals surface area (Å²) in [5.41, 5.74) is 7.06. The van der Waals surface area contributed by atoms with Gasteiger partial charge in [-0.05, 0) is 42.0 Å². The molecule has 11 rings (SSSR count). The summed E-state index contributed by atoms with van der Waals surface area (Å²) in [6.07, 6.45) is 6.32. The highest BCUT2D eigenvalue weighted by Crippen LogP contribution is 2.52. The first-order chi connectivity index (χ1) is 28.1. The van der Waals surface area contributed by atoms with Gasteiger partial charge in [-0.15, -0.1) is 23.1 Å². The molecule has 1 aliphatic heterocycles. The van der Waals surface area contributed by atoms with Crippen LogP contribution < -0.4 is 0 Å². The normalized spacial score (nSPS) is 16.2. The first-order valence-corrected chi connectivity index (χ1v) is 20.5. The predicted octanol–water partition coefficient (Wildman–Crippen LogP) is 12.6. The van der Waals surface area contributed by atoms with Gasteiger partial charge in [-0.2, -0.15) is 0 Å². The van der Waals surface area contributed by atoms with E-state index in [1.807, 2.05) is 109 Å². The largest absolute Gasteiger partial charge is 0.454 e. The van der Waals surface area contributed by atoms with Gasteiger partial charge in [0.15, 0.2) is 23.2 Å². The third kappa shape index (κ3) is 6.01. The van der Waals surface area contributed by atoms with Crippen molar-refractivity contribution < 1.29 is 4.42 Å². The quantitative estimate of drug-likeness (QED) is 0.134. The van der Waals surface area contributed by atoms with Crippen LogP contribution in [-0.4, -0.2) is 31.7 Å². The molecule has 0 saturated carbocycles. The van der Waals surface area contributed by atoms with Crippen LogP contribution in [0, 0.1) is 5.41 Å². The second-order valence-corrected chi connectivity index (χ2v) is 16.4. The van der Waals surface area contributed by atoms with Gasteiger partial charge in [0.1, 0.15) is 17.1 Å². The third-order valence-corrected chi connectivity index (χ3v) is 13.1. The number of furan rings is 1. The van der Waals surface area contributed by atoms with E-state index < -0.39 is 0 Å². The van der Waals surface area contributed by atoms with Gasteiger partial charge in [-0.25, -0.2) is 19.9 Å². The first-order valence-electron chi connectivity index (χ1n) is 18.8. The molecule has 0 radical (unpaired) electrons. The Balaban J connectivity index is 0.997. The van der Waals surface area contributed by atoms with Crippen LogP contribution in [0.4, 0.5) is 0 Å². The fourth-order valence-corrected chi connectivity index (χ4v) is 10.4. The summed E-state index contributed by atoms with van der Waals surface area (Å²) >= 11 is 3.60. The molecule has 2 unspecified atom stereocenters. The molecule has 1 aliphatic carbocycles. The molecule has 0 amide bonds. The highest BCUT2D eigenvalue weighted by molar-refractivity contribution is 8.00. The van der Waals surface area contributed by atoms with E-state index >= 15 is 0 Å². The summed E-state index contributed by atoms with van der Waals surface area (Å²) in [6.45, 7) is 0. The van der Waals surface area contributed by atoms with E-state index in [0.717, 1.165) is 44.4 Å². The molecule has 270 valence electrons. The molecule has 8 heteroatoms. The number of allylic oxidation sites excluding steroid dienone is 2. The molecule has 4 heterocycles. The van der Waals surface area contributed by atoms with Crippen molar-refractivity contribution in [3.63, 3.8) is 0 Å². The maximum atomic E-state index is 9.52. The topological polar surface area (TPSA) is 88.0 Å². The number of hydrogen-bond donors (Lipinski definition) is 1. The van der Waals surface area contributed by atoms with Crippen LogP contribution in [0.2, 0.25) is 0 Å². The first kappa shape index (κ1) is 33.6. The zero-order valence-corrected chi connectivity index (χ0v) is 32.0. The number of benzene rings is 6. The molecule has 0 spiro atoms. The lowest BCUT2D eigenvalue weighted by Crippen LogP contribution is -2.19. The molecular formula is C49H31N5OS2. The van der Waals surface area contributed by atoms with Crippen molar-refractivity contribution in [2.45, 2.75) is 16.1 Å². The highest BCUT2D eigenvalue weighted by atomic mass is 32.2. The molecule has 2 atom stereocenters. The zero-order chi connectivity index (χ0) is 37.9. The molecule has 57 heavy (non-hydrogen) atoms. The Kier molecular flexibility index (Phi) is 8.12. The number of para-hydroxylation sites is 1. The van der Waals surface area contributed by atoms with E-state index in [-0.39, 0.29) is 17.0 Å². The van der Waals surface area contributed by atoms with E-state index in [1.54, 1.807) is 11.3 Å². The molecule has 0 bridgehead atoms. The van der Waals surface area contributed by atoms with Crippen molar-refractivity contribution in [1.29, 1.82) is 5.41 Å². The van der Waals surface area contributed by atoms with Gasteiger partial charge in [0.25, 0.3) is 0 Å². The standard InChI is InChI=1S/C49H31N5OS2/c50-46(51-45(29-12-3-1-4-13-29)39-27-31-16-7-9-19-38(31)55-39)36-18-11-21-42-44(36)37-26-32(23-25-41(37)56-42)48-52-47(30-14-5-2-6-15-30)53-49(54-48)33-22-24-35-34-17-8-10-20-40(34)57-43(35)28-33/h1-28,42,44,50H. The van der Waals surface area contributed by atoms with Gasteiger partial charge < -0.3 is 4.42 Å². The van der Waals surface area contributed by atoms with Gasteiger partial charge in [0.05, 0.1) is 0 Å². The summed E-state index contributed by atoms with van der Waals surface area (Å²) in [5.74, 6) is 2.61. The number of thioether (sulfide) groups is 1. The Morgan fingerprint density at radius 1 is 0.632 bits per heavy atom. The van der Waals surface area contributed by atoms with Crippen molar-refractivity contribution in [1.82, 2.24) is 15.0 Å². The number of rotatable bonds is 6. The lowest BCUT2D eigenvalue weighted by Gasteiger charge is -2.23. The van der Waals surface area contributed by atoms with Crippen molar-refractivity contribution >= 4 is 65.8 Å². The van der Waals surface area contributed by atoms with E-state index in [9.17, 15) is 5.41 Å². The molecular weight excluding hydrogens is 739 g/mol. The summed E-state index contributed by atoms with van der Waals surface area (Å²) in [4.78, 5) is 21.5. The predicted molar refractivity (Wildman–Crippen MR) is 235 cm³/mol. The molecule has 9 aromatic rings. The average Bonchev–Trinajstić information content (AvgIpc) is 3.99. The van der Waals surface area contributed by atoms with Gasteiger partial charge >= 0.3 is 0 Å². The minimum absolute atomic E-state index is 0.0795. The number of aliphatic imine (C=N–C) groups is 1. The minimum atomic E-state index is -0.0795. The second-order valence-electron chi connectivity index (χ2n) is 14.1. The second kappa shape index (κ2) is 13.8. The number of nitrogens with zero attached hydrogens (tertiary/aromatic N) is 4. The Hall–Kier alpha value is -6.74. The van der Waals surface area contributed by atoms with E-state index in [1.165, 1.54) is 25.1 Å². The summed E-state index contributed by atoms with van der Waals surface area (Å²) in [7, 11) is 0. The summed E-state index contributed by atoms with van der Waals surface area (Å²) < 4.78 is 8.77. The van der Waals surface area contributed by atoms with Gasteiger partial charge in [-0.3, -0.25) is 5.41 Å². The maximum Gasteiger partial charge on any atom is 0.164 e. The van der Waals surface area contributed by atoms with Gasteiger partial charge in [0.2, 0.25) is 0 Å². The van der Waals surface area contributed by atoms with Crippen molar-refractivity contribution in [3.05, 3.63) is 192 Å². The molecule has 3 aromatic heterocycles. The number of thiophene rings is 1. The fraction of sp³-hybridized carbons (Fsp3) is 0.0408. The fourth-order valence-electron chi connectivity index (χ4n) is 7.87. The van der Waals surface area contributed by atoms with E-state index in [0.29, 0.717) is 28.9 Å². The number of fused-ring (bicyclic) bond motifs is 7. The smallest absolute Gasteiger partial charge is 0.164 e. The monoisotopic (exact) mass is 769 g/mol. The lowest BCUT2D eigenvalue weighted by atomic mass is 9.84. The van der Waals surface area contributed by atoms with Crippen LogP contribution >= 0.6 is 23.1 Å². The Bertz CT molecular complexity index is 3110. The van der Waals surface area contributed by atoms with Gasteiger partial charge in [0, 0.05) is 69.4 Å². The van der Waals surface area contributed by atoms with Crippen LogP contribution in [0.3, 0.4) is 0 Å². The zero-order valence-electron chi connectivity index (χ0n) is 30.3. The van der Waals surface area contributed by atoms with Crippen molar-refractivity contribution in [2.24, 2.45) is 4.99 Å². The lowest BCUT2D eigenvalue weighted by molar-refractivity contribution is 0.605. The molecule has 6 aromatic carbocycles. The number of amidine groups is 1. The average molecular weight is 770 g/mol. The molecule has 6 nitrogen and oxygen atoms in total. The van der Waals surface area contributed by atoms with Crippen molar-refractivity contribution in [3.8, 4) is 34.2 Å². The third-order valence-electron chi connectivity index (χ3n) is 10.6. The van der Waals surface area contributed by atoms with E-state index in [2.05, 4.69) is 72.8 Å². The SMILES string of the molecule is N=C(N=C(c1ccccc1)c1cc2ccccc2o1)C1=CC=CC2Sc3ccc(-c4nc(-c5ccccc5)nc(-c5ccc6c(c5)sc5ccccc56)n4)cc3C12. The van der Waals surface area contributed by atoms with Crippen LogP contribution in [0.15, 0.2) is 190 Å². The van der Waals surface area contributed by atoms with Gasteiger partial charge in [-0.1, -0.05) is 133 Å². The van der Waals surface area contributed by atoms with Crippen LogP contribution in [0.5, 0.6) is 0 Å². The Morgan fingerprint density at radius 3 is 2.14 bits per heavy atom. The summed E-state index contributed by atoms with van der Waals surface area (Å²) in [5, 5.41) is 13.1. The summed E-state index contributed by atoms with van der Waals surface area (Å²) in [6, 6.07) is 51.5. The Labute approximate surface area is 336 Å². The number of nitrogens with one attached hydrogen (secondary N) is 1. The number of aromatic nitrogens is 3. The minimum Gasteiger partial charge on any atom is -0.454 e. The highest BCUT2D eigenvalue weighted by Gasteiger charge is 2.38.